The monoisotopic (exact) mass is 330 g/mol. The minimum absolute atomic E-state index is 0.0135. The standard InChI is InChI=1S/C19H22O5/c1-11-4-5-13-6-7-14(20)8-12(2)9-15(21)16-17(23-3)19(13,10-11)24-18(16)22/h4-7,11-13H,8-10H2,1-3H3/b7-6+/t11-,12-,13-,19+/m0/s1. The van der Waals surface area contributed by atoms with E-state index in [9.17, 15) is 14.4 Å². The molecule has 1 spiro atoms. The topological polar surface area (TPSA) is 69.7 Å². The summed E-state index contributed by atoms with van der Waals surface area (Å²) in [5.41, 5.74) is -1.02. The Kier molecular flexibility index (Phi) is 4.20. The third-order valence-corrected chi connectivity index (χ3v) is 4.96. The fourth-order valence-corrected chi connectivity index (χ4v) is 3.92. The van der Waals surface area contributed by atoms with Crippen LogP contribution in [0.4, 0.5) is 0 Å². The molecule has 0 saturated carbocycles. The number of carbonyl (C=O) groups is 3. The van der Waals surface area contributed by atoms with Crippen molar-refractivity contribution >= 4 is 17.5 Å². The van der Waals surface area contributed by atoms with Crippen LogP contribution in [0.15, 0.2) is 35.6 Å². The van der Waals surface area contributed by atoms with Gasteiger partial charge < -0.3 is 9.47 Å². The number of Topliss-reactive ketones (excluding diaryl/α,β-unsaturated/α-hetero) is 1. The van der Waals surface area contributed by atoms with E-state index in [-0.39, 0.29) is 47.7 Å². The Morgan fingerprint density at radius 3 is 2.58 bits per heavy atom. The highest BCUT2D eigenvalue weighted by Gasteiger charge is 2.56. The van der Waals surface area contributed by atoms with Gasteiger partial charge in [0, 0.05) is 25.2 Å². The Hall–Kier alpha value is -2.17. The summed E-state index contributed by atoms with van der Waals surface area (Å²) >= 11 is 0. The van der Waals surface area contributed by atoms with Gasteiger partial charge in [-0.15, -0.1) is 0 Å². The molecule has 0 N–H and O–H groups in total. The molecule has 5 nitrogen and oxygen atoms in total. The normalized spacial score (nSPS) is 37.6. The van der Waals surface area contributed by atoms with Crippen LogP contribution < -0.4 is 0 Å². The second-order valence-electron chi connectivity index (χ2n) is 7.04. The van der Waals surface area contributed by atoms with Gasteiger partial charge in [-0.25, -0.2) is 4.79 Å². The van der Waals surface area contributed by atoms with Gasteiger partial charge in [0.15, 0.2) is 22.9 Å². The summed E-state index contributed by atoms with van der Waals surface area (Å²) in [6.45, 7) is 3.85. The molecule has 0 aromatic carbocycles. The van der Waals surface area contributed by atoms with E-state index in [1.54, 1.807) is 6.08 Å². The van der Waals surface area contributed by atoms with E-state index in [4.69, 9.17) is 9.47 Å². The molecule has 0 amide bonds. The Balaban J connectivity index is 2.19. The van der Waals surface area contributed by atoms with Crippen molar-refractivity contribution in [1.82, 2.24) is 0 Å². The van der Waals surface area contributed by atoms with Gasteiger partial charge in [0.1, 0.15) is 5.57 Å². The van der Waals surface area contributed by atoms with Gasteiger partial charge in [-0.1, -0.05) is 32.1 Å². The lowest BCUT2D eigenvalue weighted by Crippen LogP contribution is -2.43. The minimum Gasteiger partial charge on any atom is -0.496 e. The molecule has 4 atom stereocenters. The molecule has 128 valence electrons. The lowest BCUT2D eigenvalue weighted by atomic mass is 9.74. The number of allylic oxidation sites excluding steroid dienone is 2. The summed E-state index contributed by atoms with van der Waals surface area (Å²) in [6, 6.07) is 0. The van der Waals surface area contributed by atoms with Crippen molar-refractivity contribution in [2.24, 2.45) is 17.8 Å². The maximum absolute atomic E-state index is 12.7. The van der Waals surface area contributed by atoms with E-state index in [1.165, 1.54) is 13.2 Å². The van der Waals surface area contributed by atoms with E-state index >= 15 is 0 Å². The Morgan fingerprint density at radius 1 is 1.12 bits per heavy atom. The van der Waals surface area contributed by atoms with Crippen molar-refractivity contribution in [3.8, 4) is 0 Å². The number of hydrogen-bond donors (Lipinski definition) is 0. The minimum atomic E-state index is -1.03. The fraction of sp³-hybridized carbons (Fsp3) is 0.526. The van der Waals surface area contributed by atoms with Crippen LogP contribution >= 0.6 is 0 Å². The highest BCUT2D eigenvalue weighted by atomic mass is 16.6. The van der Waals surface area contributed by atoms with Gasteiger partial charge >= 0.3 is 5.97 Å². The van der Waals surface area contributed by atoms with E-state index in [0.717, 1.165) is 0 Å². The maximum atomic E-state index is 12.7. The predicted molar refractivity (Wildman–Crippen MR) is 86.8 cm³/mol. The number of rotatable bonds is 1. The zero-order chi connectivity index (χ0) is 17.5. The summed E-state index contributed by atoms with van der Waals surface area (Å²) in [5, 5.41) is 0. The molecule has 1 heterocycles. The Bertz CT molecular complexity index is 684. The molecule has 2 bridgehead atoms. The maximum Gasteiger partial charge on any atom is 0.346 e. The van der Waals surface area contributed by atoms with Crippen LogP contribution in [0.1, 0.15) is 33.1 Å². The molecular formula is C19H22O5. The van der Waals surface area contributed by atoms with E-state index in [2.05, 4.69) is 0 Å². The average molecular weight is 330 g/mol. The summed E-state index contributed by atoms with van der Waals surface area (Å²) in [7, 11) is 1.46. The number of methoxy groups -OCH3 is 1. The van der Waals surface area contributed by atoms with Gasteiger partial charge in [0.25, 0.3) is 0 Å². The summed E-state index contributed by atoms with van der Waals surface area (Å²) in [5.74, 6) is -0.930. The highest BCUT2D eigenvalue weighted by Crippen LogP contribution is 2.48. The molecule has 0 fully saturated rings. The van der Waals surface area contributed by atoms with Crippen molar-refractivity contribution in [1.29, 1.82) is 0 Å². The lowest BCUT2D eigenvalue weighted by molar-refractivity contribution is -0.153. The first kappa shape index (κ1) is 16.7. The van der Waals surface area contributed by atoms with Gasteiger partial charge in [-0.05, 0) is 17.9 Å². The molecule has 0 radical (unpaired) electrons. The second-order valence-corrected chi connectivity index (χ2v) is 7.04. The molecule has 5 heteroatoms. The molecule has 3 aliphatic rings. The van der Waals surface area contributed by atoms with E-state index in [0.29, 0.717) is 12.2 Å². The van der Waals surface area contributed by atoms with Crippen LogP contribution in [0, 0.1) is 17.8 Å². The van der Waals surface area contributed by atoms with Crippen LogP contribution in [-0.2, 0) is 23.9 Å². The quantitative estimate of drug-likeness (QED) is 0.420. The largest absolute Gasteiger partial charge is 0.496 e. The van der Waals surface area contributed by atoms with Crippen molar-refractivity contribution < 1.29 is 23.9 Å². The molecule has 0 saturated heterocycles. The summed E-state index contributed by atoms with van der Waals surface area (Å²) in [6.07, 6.45) is 8.21. The molecule has 1 aliphatic heterocycles. The third-order valence-electron chi connectivity index (χ3n) is 4.96. The zero-order valence-corrected chi connectivity index (χ0v) is 14.2. The molecule has 0 unspecified atom stereocenters. The van der Waals surface area contributed by atoms with E-state index < -0.39 is 11.6 Å². The number of carbonyl (C=O) groups excluding carboxylic acids is 3. The fourth-order valence-electron chi connectivity index (χ4n) is 3.92. The molecule has 2 aliphatic carbocycles. The summed E-state index contributed by atoms with van der Waals surface area (Å²) < 4.78 is 11.3. The van der Waals surface area contributed by atoms with Crippen molar-refractivity contribution in [2.75, 3.05) is 7.11 Å². The van der Waals surface area contributed by atoms with Crippen LogP contribution in [0.25, 0.3) is 0 Å². The smallest absolute Gasteiger partial charge is 0.346 e. The first-order valence-corrected chi connectivity index (χ1v) is 8.32. The number of ether oxygens (including phenoxy) is 2. The van der Waals surface area contributed by atoms with Gasteiger partial charge in [0.05, 0.1) is 7.11 Å². The Labute approximate surface area is 141 Å². The van der Waals surface area contributed by atoms with Crippen molar-refractivity contribution in [3.63, 3.8) is 0 Å². The zero-order valence-electron chi connectivity index (χ0n) is 14.2. The summed E-state index contributed by atoms with van der Waals surface area (Å²) in [4.78, 5) is 37.3. The molecule has 3 rings (SSSR count). The van der Waals surface area contributed by atoms with Crippen LogP contribution in [0.5, 0.6) is 0 Å². The first-order valence-electron chi connectivity index (χ1n) is 8.32. The van der Waals surface area contributed by atoms with Crippen molar-refractivity contribution in [2.45, 2.75) is 38.7 Å². The molecule has 0 aromatic heterocycles. The first-order chi connectivity index (χ1) is 11.4. The predicted octanol–water partition coefficient (Wildman–Crippen LogP) is 2.52. The average Bonchev–Trinajstić information content (AvgIpc) is 2.76. The van der Waals surface area contributed by atoms with Gasteiger partial charge in [-0.3, -0.25) is 9.59 Å². The molecular weight excluding hydrogens is 308 g/mol. The Morgan fingerprint density at radius 2 is 1.88 bits per heavy atom. The van der Waals surface area contributed by atoms with Crippen molar-refractivity contribution in [3.05, 3.63) is 35.6 Å². The molecule has 24 heavy (non-hydrogen) atoms. The number of esters is 1. The van der Waals surface area contributed by atoms with Crippen LogP contribution in [0.3, 0.4) is 0 Å². The lowest BCUT2D eigenvalue weighted by Gasteiger charge is -2.38. The number of ketones is 2. The third kappa shape index (κ3) is 2.62. The van der Waals surface area contributed by atoms with Gasteiger partial charge in [-0.2, -0.15) is 0 Å². The molecule has 0 aromatic rings. The highest BCUT2D eigenvalue weighted by molar-refractivity contribution is 6.19. The van der Waals surface area contributed by atoms with Crippen LogP contribution in [0.2, 0.25) is 0 Å². The van der Waals surface area contributed by atoms with Crippen LogP contribution in [-0.4, -0.2) is 30.2 Å². The van der Waals surface area contributed by atoms with E-state index in [1.807, 2.05) is 26.0 Å². The second kappa shape index (κ2) is 6.04. The SMILES string of the molecule is COC1=C2C(=O)C[C@@H](C)CC(=O)/C=C/[C@@H]3C=C[C@H](C)C[C@]13OC2=O. The number of hydrogen-bond acceptors (Lipinski definition) is 5. The van der Waals surface area contributed by atoms with Gasteiger partial charge in [0.2, 0.25) is 0 Å².